The fourth-order valence-electron chi connectivity index (χ4n) is 2.91. The zero-order chi connectivity index (χ0) is 21.3. The lowest BCUT2D eigenvalue weighted by atomic mass is 10.0. The van der Waals surface area contributed by atoms with E-state index in [9.17, 15) is 24.2 Å². The van der Waals surface area contributed by atoms with Gasteiger partial charge in [-0.1, -0.05) is 84.0 Å². The molecule has 2 atom stereocenters. The standard InChI is InChI=1S/C19H38NO7P/c1-2-3-4-5-6-7-8-9-10-11-12-13-14-15-18(21)20-17(19(22)23)16-27-28(24,25)26/h17H,2-16H2,1H3,(H,20,21)(H,22,23)(H2,24,25,26)/p-2/t17-/m0/s1. The van der Waals surface area contributed by atoms with Gasteiger partial charge in [0.1, 0.15) is 0 Å². The van der Waals surface area contributed by atoms with Crippen molar-refractivity contribution in [2.75, 3.05) is 6.61 Å². The second-order valence-corrected chi connectivity index (χ2v) is 8.39. The summed E-state index contributed by atoms with van der Waals surface area (Å²) in [6.07, 6.45) is 15.5. The number of rotatable bonds is 19. The Bertz CT molecular complexity index is 467. The van der Waals surface area contributed by atoms with Gasteiger partial charge in [0.05, 0.1) is 18.6 Å². The van der Waals surface area contributed by atoms with Gasteiger partial charge in [0, 0.05) is 6.42 Å². The molecule has 1 amide bonds. The Kier molecular flexibility index (Phi) is 16.4. The molecule has 1 unspecified atom stereocenters. The third-order valence-electron chi connectivity index (χ3n) is 4.53. The molecular weight excluding hydrogens is 385 g/mol. The van der Waals surface area contributed by atoms with E-state index in [4.69, 9.17) is 4.89 Å². The number of unbranched alkanes of at least 4 members (excludes halogenated alkanes) is 12. The van der Waals surface area contributed by atoms with E-state index in [0.717, 1.165) is 19.3 Å². The fourth-order valence-corrected chi connectivity index (χ4v) is 3.24. The molecule has 0 bridgehead atoms. The minimum Gasteiger partial charge on any atom is -0.756 e. The van der Waals surface area contributed by atoms with Crippen molar-refractivity contribution in [3.63, 3.8) is 0 Å². The smallest absolute Gasteiger partial charge is 0.265 e. The van der Waals surface area contributed by atoms with Crippen molar-refractivity contribution >= 4 is 19.7 Å². The van der Waals surface area contributed by atoms with E-state index in [1.165, 1.54) is 57.8 Å². The van der Waals surface area contributed by atoms with Gasteiger partial charge in [-0.25, -0.2) is 0 Å². The van der Waals surface area contributed by atoms with Crippen molar-refractivity contribution in [2.24, 2.45) is 0 Å². The number of carboxylic acids is 1. The second kappa shape index (κ2) is 17.0. The van der Waals surface area contributed by atoms with Crippen LogP contribution in [0.4, 0.5) is 0 Å². The second-order valence-electron chi connectivity index (χ2n) is 7.20. The zero-order valence-corrected chi connectivity index (χ0v) is 17.9. The van der Waals surface area contributed by atoms with Crippen LogP contribution in [-0.4, -0.2) is 29.4 Å². The Labute approximate surface area is 168 Å². The monoisotopic (exact) mass is 421 g/mol. The molecule has 0 radical (unpaired) electrons. The Morgan fingerprint density at radius 1 is 0.929 bits per heavy atom. The van der Waals surface area contributed by atoms with E-state index in [-0.39, 0.29) is 6.42 Å². The summed E-state index contributed by atoms with van der Waals surface area (Å²) in [5.41, 5.74) is 0. The molecule has 0 spiro atoms. The van der Waals surface area contributed by atoms with Crippen LogP contribution in [0, 0.1) is 0 Å². The molecule has 0 aliphatic heterocycles. The summed E-state index contributed by atoms with van der Waals surface area (Å²) in [4.78, 5) is 41.5. The van der Waals surface area contributed by atoms with E-state index < -0.39 is 32.3 Å². The lowest BCUT2D eigenvalue weighted by molar-refractivity contribution is -0.309. The van der Waals surface area contributed by atoms with Gasteiger partial charge >= 0.3 is 0 Å². The van der Waals surface area contributed by atoms with Gasteiger partial charge in [0.25, 0.3) is 7.82 Å². The van der Waals surface area contributed by atoms with Crippen molar-refractivity contribution < 1.29 is 33.6 Å². The highest BCUT2D eigenvalue weighted by molar-refractivity contribution is 7.44. The summed E-state index contributed by atoms with van der Waals surface area (Å²) in [6.45, 7) is 1.32. The number of carbonyl (C=O) groups is 2. The predicted molar refractivity (Wildman–Crippen MR) is 103 cm³/mol. The molecular formula is C19H36NO7P-2. The maximum absolute atomic E-state index is 11.7. The van der Waals surface area contributed by atoms with Crippen LogP contribution in [0.3, 0.4) is 0 Å². The highest BCUT2D eigenvalue weighted by Crippen LogP contribution is 2.30. The number of aliphatic carboxylic acids is 1. The largest absolute Gasteiger partial charge is 0.756 e. The Morgan fingerprint density at radius 3 is 1.75 bits per heavy atom. The van der Waals surface area contributed by atoms with Crippen molar-refractivity contribution in [1.82, 2.24) is 5.32 Å². The van der Waals surface area contributed by atoms with Gasteiger partial charge in [-0.05, 0) is 6.42 Å². The minimum absolute atomic E-state index is 0.149. The number of amides is 1. The van der Waals surface area contributed by atoms with Crippen LogP contribution in [0.1, 0.15) is 96.8 Å². The van der Waals surface area contributed by atoms with Crippen LogP contribution < -0.4 is 15.3 Å². The van der Waals surface area contributed by atoms with Crippen LogP contribution in [0.2, 0.25) is 0 Å². The molecule has 0 aliphatic rings. The van der Waals surface area contributed by atoms with Gasteiger partial charge in [-0.2, -0.15) is 0 Å². The topological polar surface area (TPSA) is 139 Å². The van der Waals surface area contributed by atoms with Crippen LogP contribution in [0.15, 0.2) is 0 Å². The van der Waals surface area contributed by atoms with Crippen molar-refractivity contribution in [2.45, 2.75) is 103 Å². The summed E-state index contributed by atoms with van der Waals surface area (Å²) in [5, 5.41) is 13.0. The van der Waals surface area contributed by atoms with Crippen LogP contribution in [0.5, 0.6) is 0 Å². The van der Waals surface area contributed by atoms with Gasteiger partial charge in [-0.15, -0.1) is 0 Å². The molecule has 166 valence electrons. The van der Waals surface area contributed by atoms with Gasteiger partial charge in [-0.3, -0.25) is 9.36 Å². The van der Waals surface area contributed by atoms with E-state index in [0.29, 0.717) is 6.42 Å². The molecule has 2 N–H and O–H groups in total. The number of nitrogens with one attached hydrogen (secondary N) is 1. The first kappa shape index (κ1) is 27.0. The molecule has 0 rings (SSSR count). The molecule has 28 heavy (non-hydrogen) atoms. The molecule has 0 saturated carbocycles. The minimum atomic E-state index is -5.05. The molecule has 0 aromatic heterocycles. The first-order valence-corrected chi connectivity index (χ1v) is 11.9. The average Bonchev–Trinajstić information content (AvgIpc) is 2.61. The highest BCUT2D eigenvalue weighted by atomic mass is 31.2. The molecule has 0 aliphatic carbocycles. The van der Waals surface area contributed by atoms with Gasteiger partial charge in [0.2, 0.25) is 5.91 Å². The lowest BCUT2D eigenvalue weighted by Crippen LogP contribution is -2.50. The number of phosphoric ester groups is 1. The van der Waals surface area contributed by atoms with Crippen LogP contribution in [-0.2, 0) is 18.7 Å². The van der Waals surface area contributed by atoms with Gasteiger partial charge in [0.15, 0.2) is 0 Å². The lowest BCUT2D eigenvalue weighted by Gasteiger charge is -2.23. The molecule has 0 heterocycles. The van der Waals surface area contributed by atoms with Crippen molar-refractivity contribution in [3.05, 3.63) is 0 Å². The van der Waals surface area contributed by atoms with Crippen LogP contribution in [0.25, 0.3) is 0 Å². The van der Waals surface area contributed by atoms with Crippen molar-refractivity contribution in [3.8, 4) is 0 Å². The molecule has 0 fully saturated rings. The normalized spacial score (nSPS) is 14.4. The molecule has 0 aromatic carbocycles. The van der Waals surface area contributed by atoms with E-state index in [1.807, 2.05) is 0 Å². The number of carboxylic acid groups (broad SMARTS) is 1. The molecule has 9 heteroatoms. The van der Waals surface area contributed by atoms with E-state index in [2.05, 4.69) is 16.8 Å². The summed E-state index contributed by atoms with van der Waals surface area (Å²) < 4.78 is 14.5. The van der Waals surface area contributed by atoms with Gasteiger partial charge < -0.3 is 29.5 Å². The van der Waals surface area contributed by atoms with E-state index in [1.54, 1.807) is 0 Å². The Morgan fingerprint density at radius 2 is 1.36 bits per heavy atom. The first-order chi connectivity index (χ1) is 13.3. The number of carbonyl (C=O) groups excluding carboxylic acids is 2. The summed E-state index contributed by atoms with van der Waals surface area (Å²) in [5.74, 6) is -2.19. The SMILES string of the molecule is CCCCCCCCCCCCCCCC(=O)N[C@@H](COP(=O)([O-])O)C(=O)[O-]. The van der Waals surface area contributed by atoms with Crippen LogP contribution >= 0.6 is 7.82 Å². The summed E-state index contributed by atoms with van der Waals surface area (Å²) in [6, 6.07) is -1.62. The molecule has 0 saturated heterocycles. The number of hydrogen-bond donors (Lipinski definition) is 2. The average molecular weight is 421 g/mol. The summed E-state index contributed by atoms with van der Waals surface area (Å²) >= 11 is 0. The maximum Gasteiger partial charge on any atom is 0.265 e. The first-order valence-electron chi connectivity index (χ1n) is 10.4. The maximum atomic E-state index is 11.7. The van der Waals surface area contributed by atoms with E-state index >= 15 is 0 Å². The fraction of sp³-hybridized carbons (Fsp3) is 0.895. The zero-order valence-electron chi connectivity index (χ0n) is 17.0. The quantitative estimate of drug-likeness (QED) is 0.241. The Hall–Kier alpha value is -0.950. The van der Waals surface area contributed by atoms with Crippen molar-refractivity contribution in [1.29, 1.82) is 0 Å². The third-order valence-corrected chi connectivity index (χ3v) is 5.01. The third kappa shape index (κ3) is 18.4. The molecule has 8 nitrogen and oxygen atoms in total. The number of hydrogen-bond acceptors (Lipinski definition) is 6. The highest BCUT2D eigenvalue weighted by Gasteiger charge is 2.16. The molecule has 0 aromatic rings. The summed E-state index contributed by atoms with van der Waals surface area (Å²) in [7, 11) is -5.05. The Balaban J connectivity index is 3.60. The number of phosphoric acid groups is 1. The predicted octanol–water partition coefficient (Wildman–Crippen LogP) is 2.18.